The van der Waals surface area contributed by atoms with E-state index in [-0.39, 0.29) is 11.2 Å². The highest BCUT2D eigenvalue weighted by atomic mass is 32.2. The summed E-state index contributed by atoms with van der Waals surface area (Å²) in [6, 6.07) is 5.54. The summed E-state index contributed by atoms with van der Waals surface area (Å²) in [5, 5.41) is 11.6. The van der Waals surface area contributed by atoms with Gasteiger partial charge in [-0.25, -0.2) is 4.79 Å². The number of aryl methyl sites for hydroxylation is 1. The Balaban J connectivity index is 2.11. The monoisotopic (exact) mass is 291 g/mol. The number of anilines is 1. The molecule has 0 aliphatic carbocycles. The molecule has 0 spiro atoms. The van der Waals surface area contributed by atoms with Gasteiger partial charge in [-0.15, -0.1) is 11.8 Å². The van der Waals surface area contributed by atoms with E-state index >= 15 is 0 Å². The van der Waals surface area contributed by atoms with Crippen LogP contribution in [0, 0.1) is 6.92 Å². The molecule has 1 saturated heterocycles. The van der Waals surface area contributed by atoms with E-state index in [9.17, 15) is 9.59 Å². The predicted molar refractivity (Wildman–Crippen MR) is 82.0 cm³/mol. The van der Waals surface area contributed by atoms with Gasteiger partial charge in [0.05, 0.1) is 5.25 Å². The largest absolute Gasteiger partial charge is 0.478 e. The van der Waals surface area contributed by atoms with Crippen LogP contribution in [0.2, 0.25) is 0 Å². The number of carbonyl (C=O) groups excluding carboxylic acids is 1. The number of thioether (sulfide) groups is 1. The lowest BCUT2D eigenvalue weighted by Gasteiger charge is -2.11. The van der Waals surface area contributed by atoms with Crippen LogP contribution in [0.15, 0.2) is 24.3 Å². The van der Waals surface area contributed by atoms with Crippen LogP contribution in [0.3, 0.4) is 0 Å². The Morgan fingerprint density at radius 2 is 2.20 bits per heavy atom. The van der Waals surface area contributed by atoms with Crippen molar-refractivity contribution in [2.45, 2.75) is 25.0 Å². The van der Waals surface area contributed by atoms with Crippen LogP contribution in [0.4, 0.5) is 5.69 Å². The third kappa shape index (κ3) is 4.13. The summed E-state index contributed by atoms with van der Waals surface area (Å²) in [6.45, 7) is 1.91. The van der Waals surface area contributed by atoms with E-state index in [0.717, 1.165) is 35.8 Å². The van der Waals surface area contributed by atoms with Gasteiger partial charge in [0.1, 0.15) is 0 Å². The molecule has 1 aliphatic heterocycles. The van der Waals surface area contributed by atoms with Crippen molar-refractivity contribution in [3.05, 3.63) is 35.4 Å². The van der Waals surface area contributed by atoms with Crippen LogP contribution in [0.25, 0.3) is 6.08 Å². The molecule has 1 amide bonds. The zero-order valence-electron chi connectivity index (χ0n) is 11.3. The molecular weight excluding hydrogens is 274 g/mol. The number of nitrogens with one attached hydrogen (secondary N) is 1. The number of benzene rings is 1. The van der Waals surface area contributed by atoms with Crippen LogP contribution in [0.1, 0.15) is 24.0 Å². The highest BCUT2D eigenvalue weighted by Gasteiger charge is 2.23. The summed E-state index contributed by atoms with van der Waals surface area (Å²) in [5.41, 5.74) is 2.46. The van der Waals surface area contributed by atoms with Crippen molar-refractivity contribution < 1.29 is 14.7 Å². The third-order valence-corrected chi connectivity index (χ3v) is 4.38. The standard InChI is InChI=1S/C15H17NO3S/c1-10-7-11(4-5-14(17)18)9-12(8-10)16-15(19)13-3-2-6-20-13/h4-5,7-9,13H,2-3,6H2,1H3,(H,16,19)(H,17,18)/b5-4+. The lowest BCUT2D eigenvalue weighted by atomic mass is 10.1. The van der Waals surface area contributed by atoms with E-state index in [4.69, 9.17) is 5.11 Å². The summed E-state index contributed by atoms with van der Waals surface area (Å²) in [5.74, 6) is 0.0871. The average Bonchev–Trinajstić information content (AvgIpc) is 2.89. The van der Waals surface area contributed by atoms with Crippen molar-refractivity contribution in [2.75, 3.05) is 11.1 Å². The molecule has 1 heterocycles. The number of carbonyl (C=O) groups is 2. The molecule has 2 rings (SSSR count). The van der Waals surface area contributed by atoms with Crippen LogP contribution < -0.4 is 5.32 Å². The minimum atomic E-state index is -0.987. The van der Waals surface area contributed by atoms with Gasteiger partial charge in [-0.3, -0.25) is 4.79 Å². The smallest absolute Gasteiger partial charge is 0.328 e. The van der Waals surface area contributed by atoms with Crippen LogP contribution >= 0.6 is 11.8 Å². The summed E-state index contributed by atoms with van der Waals surface area (Å²) < 4.78 is 0. The van der Waals surface area contributed by atoms with E-state index in [1.807, 2.05) is 19.1 Å². The maximum atomic E-state index is 12.1. The van der Waals surface area contributed by atoms with Crippen LogP contribution in [0.5, 0.6) is 0 Å². The molecule has 1 aromatic carbocycles. The number of hydrogen-bond donors (Lipinski definition) is 2. The molecule has 1 aromatic rings. The summed E-state index contributed by atoms with van der Waals surface area (Å²) in [6.07, 6.45) is 4.62. The number of rotatable bonds is 4. The summed E-state index contributed by atoms with van der Waals surface area (Å²) in [7, 11) is 0. The second-order valence-electron chi connectivity index (χ2n) is 4.79. The first kappa shape index (κ1) is 14.7. The third-order valence-electron chi connectivity index (χ3n) is 3.01. The Bertz CT molecular complexity index is 548. The van der Waals surface area contributed by atoms with E-state index < -0.39 is 5.97 Å². The Hall–Kier alpha value is -1.75. The summed E-state index contributed by atoms with van der Waals surface area (Å²) in [4.78, 5) is 22.6. The molecule has 4 nitrogen and oxygen atoms in total. The number of carboxylic acids is 1. The van der Waals surface area contributed by atoms with Crippen molar-refractivity contribution in [1.82, 2.24) is 0 Å². The Kier molecular flexibility index (Phi) is 4.84. The van der Waals surface area contributed by atoms with Crippen LogP contribution in [-0.2, 0) is 9.59 Å². The fraction of sp³-hybridized carbons (Fsp3) is 0.333. The zero-order chi connectivity index (χ0) is 14.5. The molecule has 0 bridgehead atoms. The molecule has 0 aromatic heterocycles. The van der Waals surface area contributed by atoms with Crippen LogP contribution in [-0.4, -0.2) is 28.0 Å². The maximum absolute atomic E-state index is 12.1. The van der Waals surface area contributed by atoms with Gasteiger partial charge in [0.2, 0.25) is 5.91 Å². The van der Waals surface area contributed by atoms with Gasteiger partial charge in [-0.1, -0.05) is 6.07 Å². The quantitative estimate of drug-likeness (QED) is 0.837. The SMILES string of the molecule is Cc1cc(/C=C/C(=O)O)cc(NC(=O)C2CCCS2)c1. The topological polar surface area (TPSA) is 66.4 Å². The average molecular weight is 291 g/mol. The van der Waals surface area contributed by atoms with Crippen molar-refractivity contribution in [3.8, 4) is 0 Å². The Morgan fingerprint density at radius 1 is 1.40 bits per heavy atom. The van der Waals surface area contributed by atoms with Gasteiger partial charge >= 0.3 is 5.97 Å². The highest BCUT2D eigenvalue weighted by molar-refractivity contribution is 8.00. The number of hydrogen-bond acceptors (Lipinski definition) is 3. The second kappa shape index (κ2) is 6.61. The normalized spacial score (nSPS) is 18.4. The van der Waals surface area contributed by atoms with Gasteiger partial charge in [-0.05, 0) is 54.9 Å². The molecule has 0 saturated carbocycles. The zero-order valence-corrected chi connectivity index (χ0v) is 12.1. The van der Waals surface area contributed by atoms with Gasteiger partial charge in [0, 0.05) is 11.8 Å². The van der Waals surface area contributed by atoms with E-state index in [1.165, 1.54) is 6.08 Å². The predicted octanol–water partition coefficient (Wildman–Crippen LogP) is 2.93. The lowest BCUT2D eigenvalue weighted by Crippen LogP contribution is -2.22. The first-order chi connectivity index (χ1) is 9.54. The highest BCUT2D eigenvalue weighted by Crippen LogP contribution is 2.27. The molecule has 2 N–H and O–H groups in total. The van der Waals surface area contributed by atoms with Gasteiger partial charge in [-0.2, -0.15) is 0 Å². The molecule has 1 atom stereocenters. The summed E-state index contributed by atoms with van der Waals surface area (Å²) >= 11 is 1.69. The van der Waals surface area contributed by atoms with Crippen molar-refractivity contribution in [3.63, 3.8) is 0 Å². The molecule has 1 fully saturated rings. The lowest BCUT2D eigenvalue weighted by molar-refractivity contribution is -0.131. The first-order valence-electron chi connectivity index (χ1n) is 6.50. The van der Waals surface area contributed by atoms with E-state index in [1.54, 1.807) is 17.8 Å². The Labute approximate surface area is 122 Å². The minimum absolute atomic E-state index is 0.0336. The van der Waals surface area contributed by atoms with Gasteiger partial charge < -0.3 is 10.4 Å². The molecule has 106 valence electrons. The second-order valence-corrected chi connectivity index (χ2v) is 6.11. The molecule has 0 radical (unpaired) electrons. The maximum Gasteiger partial charge on any atom is 0.328 e. The van der Waals surface area contributed by atoms with E-state index in [2.05, 4.69) is 5.32 Å². The molecule has 1 unspecified atom stereocenters. The van der Waals surface area contributed by atoms with Crippen molar-refractivity contribution in [2.24, 2.45) is 0 Å². The first-order valence-corrected chi connectivity index (χ1v) is 7.54. The number of amides is 1. The molecule has 20 heavy (non-hydrogen) atoms. The molecule has 5 heteroatoms. The minimum Gasteiger partial charge on any atom is -0.478 e. The molecular formula is C15H17NO3S. The van der Waals surface area contributed by atoms with Gasteiger partial charge in [0.25, 0.3) is 0 Å². The molecule has 1 aliphatic rings. The van der Waals surface area contributed by atoms with Gasteiger partial charge in [0.15, 0.2) is 0 Å². The van der Waals surface area contributed by atoms with E-state index in [0.29, 0.717) is 5.69 Å². The fourth-order valence-electron chi connectivity index (χ4n) is 2.16. The van der Waals surface area contributed by atoms with Crippen molar-refractivity contribution in [1.29, 1.82) is 0 Å². The fourth-order valence-corrected chi connectivity index (χ4v) is 3.32. The van der Waals surface area contributed by atoms with Crippen molar-refractivity contribution >= 4 is 35.4 Å². The number of carboxylic acid groups (broad SMARTS) is 1. The number of aliphatic carboxylic acids is 1. The Morgan fingerprint density at radius 3 is 2.85 bits per heavy atom.